The maximum Gasteiger partial charge on any atom is 0.232 e. The predicted octanol–water partition coefficient (Wildman–Crippen LogP) is 3.64. The van der Waals surface area contributed by atoms with Gasteiger partial charge in [0.2, 0.25) is 5.91 Å². The average Bonchev–Trinajstić information content (AvgIpc) is 2.82. The second-order valence-corrected chi connectivity index (χ2v) is 8.37. The minimum atomic E-state index is -0.279. The van der Waals surface area contributed by atoms with Gasteiger partial charge in [0.15, 0.2) is 5.96 Å². The summed E-state index contributed by atoms with van der Waals surface area (Å²) in [6.07, 6.45) is 2.09. The Morgan fingerprint density at radius 3 is 2.53 bits per heavy atom. The van der Waals surface area contributed by atoms with Gasteiger partial charge in [-0.3, -0.25) is 9.79 Å². The Kier molecular flexibility index (Phi) is 11.3. The summed E-state index contributed by atoms with van der Waals surface area (Å²) in [4.78, 5) is 20.8. The maximum atomic E-state index is 13.3. The molecule has 1 aliphatic heterocycles. The van der Waals surface area contributed by atoms with E-state index < -0.39 is 0 Å². The van der Waals surface area contributed by atoms with Crippen LogP contribution in [0.15, 0.2) is 58.4 Å². The third kappa shape index (κ3) is 7.38. The number of carbonyl (C=O) groups excluding carboxylic acids is 1. The molecular weight excluding hydrogens is 535 g/mol. The van der Waals surface area contributed by atoms with Gasteiger partial charge in [0.1, 0.15) is 0 Å². The van der Waals surface area contributed by atoms with Crippen molar-refractivity contribution >= 4 is 47.6 Å². The number of halogens is 1. The summed E-state index contributed by atoms with van der Waals surface area (Å²) >= 11 is 1.74. The van der Waals surface area contributed by atoms with Crippen molar-refractivity contribution in [3.8, 4) is 0 Å². The van der Waals surface area contributed by atoms with Crippen molar-refractivity contribution in [2.75, 3.05) is 46.2 Å². The van der Waals surface area contributed by atoms with Crippen molar-refractivity contribution in [2.24, 2.45) is 4.99 Å². The van der Waals surface area contributed by atoms with Gasteiger partial charge in [-0.25, -0.2) is 0 Å². The minimum Gasteiger partial charge on any atom is -0.378 e. The number of hydrogen-bond acceptors (Lipinski definition) is 4. The molecule has 2 aromatic carbocycles. The molecule has 0 saturated carbocycles. The van der Waals surface area contributed by atoms with E-state index in [9.17, 15) is 4.79 Å². The number of guanidine groups is 1. The van der Waals surface area contributed by atoms with Crippen LogP contribution in [0.3, 0.4) is 0 Å². The zero-order chi connectivity index (χ0) is 22.1. The van der Waals surface area contributed by atoms with Crippen LogP contribution >= 0.6 is 35.7 Å². The molecule has 6 nitrogen and oxygen atoms in total. The van der Waals surface area contributed by atoms with E-state index in [0.717, 1.165) is 5.56 Å². The fraction of sp³-hybridized carbons (Fsp3) is 0.417. The molecular formula is C24H33IN4O2S. The largest absolute Gasteiger partial charge is 0.378 e. The molecule has 1 heterocycles. The third-order valence-corrected chi connectivity index (χ3v) is 6.23. The molecule has 3 rings (SSSR count). The number of rotatable bonds is 7. The number of carbonyl (C=O) groups is 1. The number of morpholine rings is 1. The highest BCUT2D eigenvalue weighted by Gasteiger charge is 2.27. The molecule has 2 aromatic rings. The Balaban J connectivity index is 0.00000363. The van der Waals surface area contributed by atoms with Crippen molar-refractivity contribution in [2.45, 2.75) is 24.3 Å². The summed E-state index contributed by atoms with van der Waals surface area (Å²) < 4.78 is 5.41. The Labute approximate surface area is 212 Å². The quantitative estimate of drug-likeness (QED) is 0.231. The fourth-order valence-corrected chi connectivity index (χ4v) is 4.34. The van der Waals surface area contributed by atoms with Crippen molar-refractivity contribution in [1.29, 1.82) is 0 Å². The van der Waals surface area contributed by atoms with Crippen LogP contribution in [0.4, 0.5) is 0 Å². The van der Waals surface area contributed by atoms with E-state index in [1.54, 1.807) is 18.8 Å². The lowest BCUT2D eigenvalue weighted by atomic mass is 9.97. The number of nitrogens with zero attached hydrogens (tertiary/aromatic N) is 2. The summed E-state index contributed by atoms with van der Waals surface area (Å²) in [6, 6.07) is 16.4. The standard InChI is InChI=1S/C24H32N4O2S.HI/c1-18-9-10-20(22(15-18)31-3)16-26-24(25-2)27-17-21(19-7-5-4-6-8-19)23(29)28-11-13-30-14-12-28;/h4-10,15,21H,11-14,16-17H2,1-3H3,(H2,25,26,27);1H. The second-order valence-electron chi connectivity index (χ2n) is 7.52. The molecule has 0 radical (unpaired) electrons. The van der Waals surface area contributed by atoms with Gasteiger partial charge in [-0.15, -0.1) is 35.7 Å². The lowest BCUT2D eigenvalue weighted by Gasteiger charge is -2.31. The first-order valence-corrected chi connectivity index (χ1v) is 11.8. The Morgan fingerprint density at radius 1 is 1.16 bits per heavy atom. The molecule has 1 aliphatic rings. The lowest BCUT2D eigenvalue weighted by molar-refractivity contribution is -0.136. The van der Waals surface area contributed by atoms with Gasteiger partial charge >= 0.3 is 0 Å². The van der Waals surface area contributed by atoms with E-state index >= 15 is 0 Å². The number of nitrogens with one attached hydrogen (secondary N) is 2. The van der Waals surface area contributed by atoms with E-state index in [-0.39, 0.29) is 35.8 Å². The first kappa shape index (κ1) is 26.5. The van der Waals surface area contributed by atoms with Gasteiger partial charge in [0.25, 0.3) is 0 Å². The molecule has 1 fully saturated rings. The maximum absolute atomic E-state index is 13.3. The zero-order valence-corrected chi connectivity index (χ0v) is 22.1. The monoisotopic (exact) mass is 568 g/mol. The Hall–Kier alpha value is -1.78. The van der Waals surface area contributed by atoms with Gasteiger partial charge in [-0.1, -0.05) is 42.5 Å². The topological polar surface area (TPSA) is 66.0 Å². The van der Waals surface area contributed by atoms with Gasteiger partial charge < -0.3 is 20.3 Å². The first-order valence-electron chi connectivity index (χ1n) is 10.6. The minimum absolute atomic E-state index is 0. The number of thioether (sulfide) groups is 1. The molecule has 2 N–H and O–H groups in total. The summed E-state index contributed by atoms with van der Waals surface area (Å²) in [6.45, 7) is 5.72. The van der Waals surface area contributed by atoms with E-state index in [4.69, 9.17) is 4.74 Å². The van der Waals surface area contributed by atoms with Crippen LogP contribution in [0.2, 0.25) is 0 Å². The van der Waals surface area contributed by atoms with Crippen molar-refractivity contribution in [3.63, 3.8) is 0 Å². The third-order valence-electron chi connectivity index (χ3n) is 5.41. The highest BCUT2D eigenvalue weighted by atomic mass is 127. The lowest BCUT2D eigenvalue weighted by Crippen LogP contribution is -2.47. The first-order chi connectivity index (χ1) is 15.1. The molecule has 0 aromatic heterocycles. The summed E-state index contributed by atoms with van der Waals surface area (Å²) in [7, 11) is 1.75. The van der Waals surface area contributed by atoms with E-state index in [0.29, 0.717) is 45.4 Å². The molecule has 174 valence electrons. The predicted molar refractivity (Wildman–Crippen MR) is 143 cm³/mol. The van der Waals surface area contributed by atoms with Crippen LogP contribution in [-0.4, -0.2) is 62.9 Å². The zero-order valence-electron chi connectivity index (χ0n) is 19.0. The second kappa shape index (κ2) is 13.7. The van der Waals surface area contributed by atoms with Crippen molar-refractivity contribution in [1.82, 2.24) is 15.5 Å². The van der Waals surface area contributed by atoms with E-state index in [2.05, 4.69) is 47.0 Å². The molecule has 32 heavy (non-hydrogen) atoms. The SMILES string of the molecule is CN=C(NCc1ccc(C)cc1SC)NCC(C(=O)N1CCOCC1)c1ccccc1.I. The highest BCUT2D eigenvalue weighted by Crippen LogP contribution is 2.22. The molecule has 1 saturated heterocycles. The normalized spacial score (nSPS) is 15.0. The van der Waals surface area contributed by atoms with Crippen LogP contribution in [0.5, 0.6) is 0 Å². The van der Waals surface area contributed by atoms with Crippen LogP contribution < -0.4 is 10.6 Å². The van der Waals surface area contributed by atoms with Crippen LogP contribution in [0.25, 0.3) is 0 Å². The number of amides is 1. The number of aliphatic imine (C=N–C) groups is 1. The molecule has 0 spiro atoms. The fourth-order valence-electron chi connectivity index (χ4n) is 3.63. The van der Waals surface area contributed by atoms with Gasteiger partial charge in [0, 0.05) is 38.1 Å². The molecule has 1 amide bonds. The van der Waals surface area contributed by atoms with Gasteiger partial charge in [-0.05, 0) is 35.9 Å². The Bertz CT molecular complexity index is 889. The van der Waals surface area contributed by atoms with Crippen LogP contribution in [0.1, 0.15) is 22.6 Å². The molecule has 0 aliphatic carbocycles. The summed E-state index contributed by atoms with van der Waals surface area (Å²) in [5.41, 5.74) is 3.48. The highest BCUT2D eigenvalue weighted by molar-refractivity contribution is 14.0. The van der Waals surface area contributed by atoms with Gasteiger partial charge in [-0.2, -0.15) is 0 Å². The van der Waals surface area contributed by atoms with Crippen LogP contribution in [-0.2, 0) is 16.1 Å². The Morgan fingerprint density at radius 2 is 1.88 bits per heavy atom. The number of hydrogen-bond donors (Lipinski definition) is 2. The molecule has 8 heteroatoms. The smallest absolute Gasteiger partial charge is 0.232 e. The average molecular weight is 569 g/mol. The van der Waals surface area contributed by atoms with Crippen LogP contribution in [0, 0.1) is 6.92 Å². The molecule has 0 bridgehead atoms. The number of ether oxygens (including phenoxy) is 1. The van der Waals surface area contributed by atoms with Crippen molar-refractivity contribution < 1.29 is 9.53 Å². The summed E-state index contributed by atoms with van der Waals surface area (Å²) in [5, 5.41) is 6.75. The van der Waals surface area contributed by atoms with Gasteiger partial charge in [0.05, 0.1) is 19.1 Å². The summed E-state index contributed by atoms with van der Waals surface area (Å²) in [5.74, 6) is 0.531. The molecule has 1 atom stereocenters. The number of aryl methyl sites for hydroxylation is 1. The van der Waals surface area contributed by atoms with Crippen molar-refractivity contribution in [3.05, 3.63) is 65.2 Å². The van der Waals surface area contributed by atoms with E-state index in [1.807, 2.05) is 35.2 Å². The van der Waals surface area contributed by atoms with E-state index in [1.165, 1.54) is 16.0 Å². The molecule has 1 unspecified atom stereocenters. The number of benzene rings is 2.